The minimum atomic E-state index is -4.40. The predicted molar refractivity (Wildman–Crippen MR) is 371 cm³/mol. The third-order valence-electron chi connectivity index (χ3n) is 14.7. The molecular formula is C76H131NO8P+. The average Bonchev–Trinajstić information content (AvgIpc) is 3.56. The topological polar surface area (TPSA) is 108 Å². The lowest BCUT2D eigenvalue weighted by atomic mass is 10.0. The highest BCUT2D eigenvalue weighted by atomic mass is 31.2. The Labute approximate surface area is 530 Å². The zero-order valence-corrected chi connectivity index (χ0v) is 56.9. The first kappa shape index (κ1) is 82.1. The number of quaternary nitrogens is 1. The molecule has 1 N–H and O–H groups in total. The van der Waals surface area contributed by atoms with Crippen molar-refractivity contribution < 1.29 is 42.1 Å². The molecule has 0 rings (SSSR count). The number of esters is 2. The lowest BCUT2D eigenvalue weighted by molar-refractivity contribution is -0.870. The van der Waals surface area contributed by atoms with E-state index in [0.29, 0.717) is 17.4 Å². The van der Waals surface area contributed by atoms with Crippen molar-refractivity contribution in [1.29, 1.82) is 0 Å². The van der Waals surface area contributed by atoms with Gasteiger partial charge < -0.3 is 18.9 Å². The molecule has 0 amide bonds. The summed E-state index contributed by atoms with van der Waals surface area (Å²) < 4.78 is 34.7. The van der Waals surface area contributed by atoms with Gasteiger partial charge in [-0.2, -0.15) is 0 Å². The van der Waals surface area contributed by atoms with Gasteiger partial charge in [0.15, 0.2) is 6.10 Å². The van der Waals surface area contributed by atoms with E-state index >= 15 is 0 Å². The SMILES string of the molecule is CC/C=C\C/C=C\C/C=C\C/C=C\C/C=C\C/C=C\C/C=C\CCCCCCCCCCCCCCCC(=O)OC(COC(=O)CCCCCCCCCCCCCCCC/C=C\C/C=C\C/C=C\C/C=C\CC)COP(=O)(O)OCC[N+](C)(C)C. The molecule has 0 spiro atoms. The fraction of sp³-hybridized carbons (Fsp3) is 0.684. The molecule has 2 unspecified atom stereocenters. The van der Waals surface area contributed by atoms with Crippen LogP contribution < -0.4 is 0 Å². The summed E-state index contributed by atoms with van der Waals surface area (Å²) >= 11 is 0. The van der Waals surface area contributed by atoms with Crippen LogP contribution in [0.25, 0.3) is 0 Å². The average molecular weight is 1220 g/mol. The van der Waals surface area contributed by atoms with Gasteiger partial charge in [0.2, 0.25) is 0 Å². The molecular weight excluding hydrogens is 1090 g/mol. The number of carbonyl (C=O) groups is 2. The molecule has 0 radical (unpaired) electrons. The molecule has 0 saturated heterocycles. The molecule has 0 bridgehead atoms. The molecule has 0 saturated carbocycles. The van der Waals surface area contributed by atoms with Gasteiger partial charge in [0, 0.05) is 12.8 Å². The number of carbonyl (C=O) groups excluding carboxylic acids is 2. The van der Waals surface area contributed by atoms with Crippen LogP contribution in [0.4, 0.5) is 0 Å². The highest BCUT2D eigenvalue weighted by Gasteiger charge is 2.27. The largest absolute Gasteiger partial charge is 0.472 e. The van der Waals surface area contributed by atoms with Gasteiger partial charge >= 0.3 is 19.8 Å². The van der Waals surface area contributed by atoms with E-state index in [2.05, 4.69) is 148 Å². The van der Waals surface area contributed by atoms with Crippen molar-refractivity contribution in [3.05, 3.63) is 134 Å². The highest BCUT2D eigenvalue weighted by Crippen LogP contribution is 2.43. The third kappa shape index (κ3) is 69.3. The van der Waals surface area contributed by atoms with E-state index in [1.807, 2.05) is 21.1 Å². The second-order valence-electron chi connectivity index (χ2n) is 24.2. The number of unbranched alkanes of at least 4 members (excludes halogenated alkanes) is 27. The Morgan fingerprint density at radius 3 is 0.930 bits per heavy atom. The van der Waals surface area contributed by atoms with E-state index in [1.54, 1.807) is 0 Å². The molecule has 0 aromatic heterocycles. The van der Waals surface area contributed by atoms with Crippen LogP contribution in [0.5, 0.6) is 0 Å². The van der Waals surface area contributed by atoms with Gasteiger partial charge in [-0.05, 0) is 109 Å². The second-order valence-corrected chi connectivity index (χ2v) is 25.6. The summed E-state index contributed by atoms with van der Waals surface area (Å²) in [6, 6.07) is 0. The van der Waals surface area contributed by atoms with Crippen LogP contribution in [0.15, 0.2) is 134 Å². The monoisotopic (exact) mass is 1220 g/mol. The molecule has 0 heterocycles. The number of likely N-dealkylation sites (N-methyl/N-ethyl adjacent to an activating group) is 1. The number of rotatable bonds is 63. The van der Waals surface area contributed by atoms with E-state index in [1.165, 1.54) is 141 Å². The predicted octanol–water partition coefficient (Wildman–Crippen LogP) is 22.8. The Morgan fingerprint density at radius 2 is 0.628 bits per heavy atom. The molecule has 0 aliphatic heterocycles. The molecule has 0 aliphatic rings. The van der Waals surface area contributed by atoms with Crippen LogP contribution in [0, 0.1) is 0 Å². The van der Waals surface area contributed by atoms with Gasteiger partial charge in [-0.15, -0.1) is 0 Å². The summed E-state index contributed by atoms with van der Waals surface area (Å²) in [6.07, 6.45) is 95.5. The van der Waals surface area contributed by atoms with Crippen molar-refractivity contribution in [2.24, 2.45) is 0 Å². The zero-order chi connectivity index (χ0) is 62.6. The Bertz CT molecular complexity index is 1910. The van der Waals surface area contributed by atoms with E-state index in [-0.39, 0.29) is 32.0 Å². The number of phosphoric ester groups is 1. The quantitative estimate of drug-likeness (QED) is 0.0211. The van der Waals surface area contributed by atoms with E-state index in [9.17, 15) is 19.0 Å². The molecule has 2 atom stereocenters. The Balaban J connectivity index is 4.07. The van der Waals surface area contributed by atoms with Crippen LogP contribution in [0.2, 0.25) is 0 Å². The molecule has 0 aromatic carbocycles. The van der Waals surface area contributed by atoms with E-state index in [0.717, 1.165) is 109 Å². The normalized spacial score (nSPS) is 14.0. The van der Waals surface area contributed by atoms with Crippen LogP contribution in [0.3, 0.4) is 0 Å². The van der Waals surface area contributed by atoms with Crippen LogP contribution in [-0.2, 0) is 32.7 Å². The summed E-state index contributed by atoms with van der Waals surface area (Å²) in [6.45, 7) is 4.22. The number of hydrogen-bond donors (Lipinski definition) is 1. The van der Waals surface area contributed by atoms with Crippen molar-refractivity contribution in [1.82, 2.24) is 0 Å². The third-order valence-corrected chi connectivity index (χ3v) is 15.7. The Morgan fingerprint density at radius 1 is 0.360 bits per heavy atom. The van der Waals surface area contributed by atoms with Gasteiger partial charge in [0.25, 0.3) is 0 Å². The Hall–Kier alpha value is -3.85. The minimum absolute atomic E-state index is 0.0266. The van der Waals surface area contributed by atoms with Crippen LogP contribution >= 0.6 is 7.82 Å². The summed E-state index contributed by atoms with van der Waals surface area (Å²) in [5.74, 6) is -0.798. The molecule has 0 aromatic rings. The van der Waals surface area contributed by atoms with Gasteiger partial charge in [-0.25, -0.2) is 4.57 Å². The van der Waals surface area contributed by atoms with Gasteiger partial charge in [-0.1, -0.05) is 295 Å². The van der Waals surface area contributed by atoms with Gasteiger partial charge in [-0.3, -0.25) is 18.6 Å². The van der Waals surface area contributed by atoms with Gasteiger partial charge in [0.05, 0.1) is 27.7 Å². The van der Waals surface area contributed by atoms with Crippen LogP contribution in [-0.4, -0.2) is 74.9 Å². The van der Waals surface area contributed by atoms with Crippen LogP contribution in [0.1, 0.15) is 284 Å². The Kier molecular flexibility index (Phi) is 62.7. The highest BCUT2D eigenvalue weighted by molar-refractivity contribution is 7.47. The van der Waals surface area contributed by atoms with Crippen molar-refractivity contribution in [3.63, 3.8) is 0 Å². The summed E-state index contributed by atoms with van der Waals surface area (Å²) in [5, 5.41) is 0. The molecule has 492 valence electrons. The summed E-state index contributed by atoms with van der Waals surface area (Å²) in [7, 11) is 1.47. The molecule has 10 heteroatoms. The maximum atomic E-state index is 12.9. The van der Waals surface area contributed by atoms with Crippen molar-refractivity contribution >= 4 is 19.8 Å². The molecule has 0 fully saturated rings. The van der Waals surface area contributed by atoms with Crippen molar-refractivity contribution in [2.75, 3.05) is 47.5 Å². The standard InChI is InChI=1S/C76H130NO8P/c1-6-8-10-12-14-16-18-20-22-24-26-28-30-32-34-35-36-37-38-39-40-41-43-45-47-49-51-53-55-57-59-61-63-65-67-69-76(79)85-74(73-84-86(80,81)83-71-70-77(3,4)5)72-82-75(78)68-66-64-62-60-58-56-54-52-50-48-46-44-42-33-31-29-27-25-23-21-19-17-15-13-11-9-7-2/h8-11,14-17,20-23,26-29,32,34,36-37,39-40,74H,6-7,12-13,18-19,24-25,30-31,33,35,38,41-73H2,1-5H3/p+1/b10-8-,11-9-,16-14-,17-15-,22-20-,23-21-,28-26-,29-27-,34-32-,37-36-,40-39-. The maximum Gasteiger partial charge on any atom is 0.472 e. The van der Waals surface area contributed by atoms with Crippen molar-refractivity contribution in [2.45, 2.75) is 290 Å². The fourth-order valence-corrected chi connectivity index (χ4v) is 10.1. The van der Waals surface area contributed by atoms with Crippen molar-refractivity contribution in [3.8, 4) is 0 Å². The molecule has 9 nitrogen and oxygen atoms in total. The van der Waals surface area contributed by atoms with E-state index < -0.39 is 26.5 Å². The smallest absolute Gasteiger partial charge is 0.462 e. The number of ether oxygens (including phenoxy) is 2. The lowest BCUT2D eigenvalue weighted by Gasteiger charge is -2.24. The number of phosphoric acid groups is 1. The summed E-state index contributed by atoms with van der Waals surface area (Å²) in [4.78, 5) is 35.9. The summed E-state index contributed by atoms with van der Waals surface area (Å²) in [5.41, 5.74) is 0. The first-order valence-electron chi connectivity index (χ1n) is 34.9. The number of hydrogen-bond acceptors (Lipinski definition) is 7. The van der Waals surface area contributed by atoms with E-state index in [4.69, 9.17) is 18.5 Å². The fourth-order valence-electron chi connectivity index (χ4n) is 9.40. The molecule has 86 heavy (non-hydrogen) atoms. The first-order chi connectivity index (χ1) is 42.0. The number of nitrogens with zero attached hydrogens (tertiary/aromatic N) is 1. The number of allylic oxidation sites excluding steroid dienone is 22. The second kappa shape index (κ2) is 65.6. The first-order valence-corrected chi connectivity index (χ1v) is 36.4. The van der Waals surface area contributed by atoms with Gasteiger partial charge in [0.1, 0.15) is 19.8 Å². The minimum Gasteiger partial charge on any atom is -0.462 e. The maximum absolute atomic E-state index is 12.9. The zero-order valence-electron chi connectivity index (χ0n) is 56.0. The molecule has 0 aliphatic carbocycles. The lowest BCUT2D eigenvalue weighted by Crippen LogP contribution is -2.37.